The number of nitrogens with one attached hydrogen (secondary N) is 1. The minimum atomic E-state index is -0.192. The molecule has 5 heteroatoms. The fourth-order valence-corrected chi connectivity index (χ4v) is 3.48. The Hall–Kier alpha value is -2.46. The van der Waals surface area contributed by atoms with E-state index < -0.39 is 0 Å². The second-order valence-corrected chi connectivity index (χ2v) is 8.55. The smallest absolute Gasteiger partial charge is 0.248 e. The number of para-hydroxylation sites is 1. The highest BCUT2D eigenvalue weighted by molar-refractivity contribution is 6.32. The molecule has 0 atom stereocenters. The maximum atomic E-state index is 12.7. The molecule has 0 aromatic heterocycles. The lowest BCUT2D eigenvalue weighted by molar-refractivity contribution is -0.111. The zero-order valence-electron chi connectivity index (χ0n) is 18.9. The fourth-order valence-electron chi connectivity index (χ4n) is 3.22. The summed E-state index contributed by atoms with van der Waals surface area (Å²) in [5.74, 6) is 1.45. The Balaban J connectivity index is 2.29. The first-order valence-electron chi connectivity index (χ1n) is 10.3. The van der Waals surface area contributed by atoms with Crippen LogP contribution < -0.4 is 14.8 Å². The summed E-state index contributed by atoms with van der Waals surface area (Å²) in [6.07, 6.45) is 3.20. The molecule has 2 aromatic carbocycles. The molecule has 0 aliphatic carbocycles. The van der Waals surface area contributed by atoms with Gasteiger partial charge in [-0.25, -0.2) is 0 Å². The third-order valence-electron chi connectivity index (χ3n) is 4.65. The predicted molar refractivity (Wildman–Crippen MR) is 126 cm³/mol. The van der Waals surface area contributed by atoms with Crippen LogP contribution >= 0.6 is 11.6 Å². The van der Waals surface area contributed by atoms with Gasteiger partial charge in [0.15, 0.2) is 11.5 Å². The zero-order chi connectivity index (χ0) is 22.4. The molecule has 2 aromatic rings. The lowest BCUT2D eigenvalue weighted by Crippen LogP contribution is -2.13. The first-order valence-corrected chi connectivity index (χ1v) is 10.7. The highest BCUT2D eigenvalue weighted by Gasteiger charge is 2.16. The maximum absolute atomic E-state index is 12.7. The van der Waals surface area contributed by atoms with E-state index >= 15 is 0 Å². The van der Waals surface area contributed by atoms with Crippen molar-refractivity contribution in [1.29, 1.82) is 0 Å². The first-order chi connectivity index (χ1) is 14.1. The Bertz CT molecular complexity index is 891. The summed E-state index contributed by atoms with van der Waals surface area (Å²) in [6.45, 7) is 12.3. The molecule has 0 spiro atoms. The van der Waals surface area contributed by atoms with Gasteiger partial charge in [0.1, 0.15) is 0 Å². The van der Waals surface area contributed by atoms with Gasteiger partial charge in [0, 0.05) is 11.8 Å². The normalized spacial score (nSPS) is 11.6. The Morgan fingerprint density at radius 3 is 2.13 bits per heavy atom. The summed E-state index contributed by atoms with van der Waals surface area (Å²) >= 11 is 6.37. The molecule has 30 heavy (non-hydrogen) atoms. The predicted octanol–water partition coefficient (Wildman–Crippen LogP) is 7.03. The molecular weight excluding hydrogens is 398 g/mol. The van der Waals surface area contributed by atoms with Gasteiger partial charge in [0.2, 0.25) is 5.91 Å². The van der Waals surface area contributed by atoms with E-state index in [9.17, 15) is 4.79 Å². The number of hydrogen-bond donors (Lipinski definition) is 1. The van der Waals surface area contributed by atoms with Crippen LogP contribution in [0.4, 0.5) is 5.69 Å². The standard InChI is InChI=1S/C25H32ClNO3/c1-15(2)19-9-8-10-20(16(3)4)24(19)27-23(28)12-11-18-13-21(26)25(30-17(5)6)22(14-18)29-7/h8-17H,1-7H3,(H,27,28)/b12-11+. The van der Waals surface area contributed by atoms with Crippen molar-refractivity contribution < 1.29 is 14.3 Å². The van der Waals surface area contributed by atoms with Crippen LogP contribution in [0.1, 0.15) is 70.1 Å². The van der Waals surface area contributed by atoms with Crippen molar-refractivity contribution in [3.05, 3.63) is 58.1 Å². The van der Waals surface area contributed by atoms with E-state index in [1.165, 1.54) is 6.08 Å². The van der Waals surface area contributed by atoms with E-state index in [0.29, 0.717) is 28.4 Å². The Morgan fingerprint density at radius 1 is 1.03 bits per heavy atom. The molecule has 1 amide bonds. The summed E-state index contributed by atoms with van der Waals surface area (Å²) < 4.78 is 11.1. The summed E-state index contributed by atoms with van der Waals surface area (Å²) in [5, 5.41) is 3.52. The van der Waals surface area contributed by atoms with Crippen molar-refractivity contribution in [3.8, 4) is 11.5 Å². The number of ether oxygens (including phenoxy) is 2. The third-order valence-corrected chi connectivity index (χ3v) is 4.93. The molecule has 0 saturated heterocycles. The van der Waals surface area contributed by atoms with E-state index in [4.69, 9.17) is 21.1 Å². The van der Waals surface area contributed by atoms with Crippen molar-refractivity contribution in [1.82, 2.24) is 0 Å². The molecule has 162 valence electrons. The van der Waals surface area contributed by atoms with E-state index in [1.54, 1.807) is 25.3 Å². The Labute approximate surface area is 185 Å². The highest BCUT2D eigenvalue weighted by Crippen LogP contribution is 2.37. The second kappa shape index (κ2) is 10.5. The quantitative estimate of drug-likeness (QED) is 0.458. The lowest BCUT2D eigenvalue weighted by Gasteiger charge is -2.19. The van der Waals surface area contributed by atoms with E-state index in [2.05, 4.69) is 45.1 Å². The Kier molecular flexibility index (Phi) is 8.36. The molecule has 0 unspecified atom stereocenters. The van der Waals surface area contributed by atoms with Crippen molar-refractivity contribution in [2.45, 2.75) is 59.5 Å². The molecule has 0 radical (unpaired) electrons. The largest absolute Gasteiger partial charge is 0.493 e. The minimum Gasteiger partial charge on any atom is -0.493 e. The van der Waals surface area contributed by atoms with Gasteiger partial charge in [-0.05, 0) is 60.6 Å². The van der Waals surface area contributed by atoms with Crippen LogP contribution in [0.2, 0.25) is 5.02 Å². The fraction of sp³-hybridized carbons (Fsp3) is 0.400. The molecular formula is C25H32ClNO3. The first kappa shape index (κ1) is 23.8. The van der Waals surface area contributed by atoms with Crippen LogP contribution in [0.3, 0.4) is 0 Å². The average molecular weight is 430 g/mol. The molecule has 0 fully saturated rings. The topological polar surface area (TPSA) is 47.6 Å². The lowest BCUT2D eigenvalue weighted by atomic mass is 9.92. The zero-order valence-corrected chi connectivity index (χ0v) is 19.6. The minimum absolute atomic E-state index is 0.0280. The van der Waals surface area contributed by atoms with Crippen molar-refractivity contribution in [3.63, 3.8) is 0 Å². The molecule has 1 N–H and O–H groups in total. The summed E-state index contributed by atoms with van der Waals surface area (Å²) in [4.78, 5) is 12.7. The monoisotopic (exact) mass is 429 g/mol. The summed E-state index contributed by atoms with van der Waals surface area (Å²) in [7, 11) is 1.56. The molecule has 0 aliphatic rings. The summed E-state index contributed by atoms with van der Waals surface area (Å²) in [6, 6.07) is 9.73. The average Bonchev–Trinajstić information content (AvgIpc) is 2.67. The second-order valence-electron chi connectivity index (χ2n) is 8.14. The van der Waals surface area contributed by atoms with Gasteiger partial charge in [-0.3, -0.25) is 4.79 Å². The van der Waals surface area contributed by atoms with Crippen LogP contribution in [0.15, 0.2) is 36.4 Å². The molecule has 4 nitrogen and oxygen atoms in total. The van der Waals surface area contributed by atoms with Crippen LogP contribution in [0.25, 0.3) is 6.08 Å². The summed E-state index contributed by atoms with van der Waals surface area (Å²) in [5.41, 5.74) is 3.91. The molecule has 0 saturated carbocycles. The van der Waals surface area contributed by atoms with E-state index in [-0.39, 0.29) is 12.0 Å². The number of amides is 1. The van der Waals surface area contributed by atoms with Crippen molar-refractivity contribution in [2.24, 2.45) is 0 Å². The number of anilines is 1. The Morgan fingerprint density at radius 2 is 1.63 bits per heavy atom. The van der Waals surface area contributed by atoms with Crippen LogP contribution in [0, 0.1) is 0 Å². The van der Waals surface area contributed by atoms with Crippen LogP contribution in [-0.2, 0) is 4.79 Å². The SMILES string of the molecule is COc1cc(/C=C/C(=O)Nc2c(C(C)C)cccc2C(C)C)cc(Cl)c1OC(C)C. The number of rotatable bonds is 8. The molecule has 0 heterocycles. The van der Waals surface area contributed by atoms with Gasteiger partial charge in [-0.15, -0.1) is 0 Å². The molecule has 0 aliphatic heterocycles. The van der Waals surface area contributed by atoms with Gasteiger partial charge >= 0.3 is 0 Å². The number of methoxy groups -OCH3 is 1. The van der Waals surface area contributed by atoms with Crippen molar-refractivity contribution in [2.75, 3.05) is 12.4 Å². The number of carbonyl (C=O) groups is 1. The number of halogens is 1. The third kappa shape index (κ3) is 6.02. The molecule has 0 bridgehead atoms. The van der Waals surface area contributed by atoms with Gasteiger partial charge in [0.25, 0.3) is 0 Å². The van der Waals surface area contributed by atoms with Crippen molar-refractivity contribution >= 4 is 29.3 Å². The van der Waals surface area contributed by atoms with E-state index in [0.717, 1.165) is 22.4 Å². The number of hydrogen-bond acceptors (Lipinski definition) is 3. The maximum Gasteiger partial charge on any atom is 0.248 e. The van der Waals surface area contributed by atoms with Gasteiger partial charge in [-0.2, -0.15) is 0 Å². The van der Waals surface area contributed by atoms with Gasteiger partial charge in [0.05, 0.1) is 18.2 Å². The van der Waals surface area contributed by atoms with Crippen LogP contribution in [-0.4, -0.2) is 19.1 Å². The molecule has 2 rings (SSSR count). The van der Waals surface area contributed by atoms with Gasteiger partial charge in [-0.1, -0.05) is 57.5 Å². The van der Waals surface area contributed by atoms with Gasteiger partial charge < -0.3 is 14.8 Å². The van der Waals surface area contributed by atoms with E-state index in [1.807, 2.05) is 19.9 Å². The van der Waals surface area contributed by atoms with Crippen LogP contribution in [0.5, 0.6) is 11.5 Å². The number of carbonyl (C=O) groups excluding carboxylic acids is 1. The highest BCUT2D eigenvalue weighted by atomic mass is 35.5. The number of benzene rings is 2.